The second kappa shape index (κ2) is 13.2. The number of aryl methyl sites for hydroxylation is 1. The molecule has 0 radical (unpaired) electrons. The molecular formula is C32H31FN2O2. The van der Waals surface area contributed by atoms with Crippen molar-refractivity contribution in [3.05, 3.63) is 143 Å². The van der Waals surface area contributed by atoms with Crippen molar-refractivity contribution in [2.75, 3.05) is 0 Å². The van der Waals surface area contributed by atoms with Crippen molar-refractivity contribution in [2.45, 2.75) is 38.4 Å². The Morgan fingerprint density at radius 2 is 1.22 bits per heavy atom. The van der Waals surface area contributed by atoms with Crippen LogP contribution in [0.5, 0.6) is 0 Å². The van der Waals surface area contributed by atoms with Gasteiger partial charge in [0.1, 0.15) is 11.9 Å². The molecule has 4 aromatic carbocycles. The van der Waals surface area contributed by atoms with Gasteiger partial charge in [0, 0.05) is 25.9 Å². The van der Waals surface area contributed by atoms with Gasteiger partial charge in [0.25, 0.3) is 0 Å². The van der Waals surface area contributed by atoms with Crippen molar-refractivity contribution in [2.24, 2.45) is 0 Å². The van der Waals surface area contributed by atoms with E-state index in [4.69, 9.17) is 0 Å². The molecule has 37 heavy (non-hydrogen) atoms. The number of carbonyl (C=O) groups is 2. The lowest BCUT2D eigenvalue weighted by Gasteiger charge is -2.31. The molecule has 0 saturated heterocycles. The summed E-state index contributed by atoms with van der Waals surface area (Å²) in [6, 6.07) is 34.6. The van der Waals surface area contributed by atoms with Gasteiger partial charge in [0.2, 0.25) is 11.8 Å². The molecule has 4 aromatic rings. The summed E-state index contributed by atoms with van der Waals surface area (Å²) in [6.07, 6.45) is 1.21. The van der Waals surface area contributed by atoms with Gasteiger partial charge >= 0.3 is 0 Å². The Morgan fingerprint density at radius 3 is 1.81 bits per heavy atom. The first kappa shape index (κ1) is 25.8. The summed E-state index contributed by atoms with van der Waals surface area (Å²) in [4.78, 5) is 28.9. The molecule has 4 nitrogen and oxygen atoms in total. The summed E-state index contributed by atoms with van der Waals surface area (Å²) in [5.74, 6) is -0.681. The van der Waals surface area contributed by atoms with E-state index in [1.165, 1.54) is 12.1 Å². The van der Waals surface area contributed by atoms with Gasteiger partial charge in [-0.1, -0.05) is 103 Å². The number of halogens is 1. The summed E-state index contributed by atoms with van der Waals surface area (Å²) in [5, 5.41) is 3.03. The maximum absolute atomic E-state index is 13.7. The average Bonchev–Trinajstić information content (AvgIpc) is 2.95. The van der Waals surface area contributed by atoms with Crippen molar-refractivity contribution in [3.8, 4) is 0 Å². The van der Waals surface area contributed by atoms with Crippen LogP contribution < -0.4 is 5.32 Å². The van der Waals surface area contributed by atoms with Crippen LogP contribution >= 0.6 is 0 Å². The van der Waals surface area contributed by atoms with Crippen LogP contribution in [0.2, 0.25) is 0 Å². The quantitative estimate of drug-likeness (QED) is 0.290. The molecule has 1 atom stereocenters. The van der Waals surface area contributed by atoms with Crippen molar-refractivity contribution >= 4 is 11.8 Å². The zero-order valence-electron chi connectivity index (χ0n) is 20.7. The van der Waals surface area contributed by atoms with Gasteiger partial charge in [0.15, 0.2) is 0 Å². The summed E-state index contributed by atoms with van der Waals surface area (Å²) in [5.41, 5.74) is 3.77. The summed E-state index contributed by atoms with van der Waals surface area (Å²) in [7, 11) is 0. The molecule has 188 valence electrons. The molecule has 0 aliphatic heterocycles. The third-order valence-electron chi connectivity index (χ3n) is 6.32. The molecule has 0 unspecified atom stereocenters. The van der Waals surface area contributed by atoms with Gasteiger partial charge in [-0.2, -0.15) is 0 Å². The molecule has 0 bridgehead atoms. The fraction of sp³-hybridized carbons (Fsp3) is 0.188. The second-order valence-electron chi connectivity index (χ2n) is 9.04. The highest BCUT2D eigenvalue weighted by Gasteiger charge is 2.30. The molecule has 0 aliphatic carbocycles. The van der Waals surface area contributed by atoms with Crippen LogP contribution in [0, 0.1) is 5.82 Å². The number of hydrogen-bond acceptors (Lipinski definition) is 2. The second-order valence-corrected chi connectivity index (χ2v) is 9.04. The Bertz CT molecular complexity index is 1260. The summed E-state index contributed by atoms with van der Waals surface area (Å²) in [6.45, 7) is 0.581. The number of nitrogens with one attached hydrogen (secondary N) is 1. The molecule has 0 aliphatic rings. The topological polar surface area (TPSA) is 49.4 Å². The Hall–Kier alpha value is -4.25. The lowest BCUT2D eigenvalue weighted by Crippen LogP contribution is -2.50. The normalized spacial score (nSPS) is 11.5. The number of carbonyl (C=O) groups excluding carboxylic acids is 2. The maximum Gasteiger partial charge on any atom is 0.243 e. The Balaban J connectivity index is 1.60. The molecule has 1 N–H and O–H groups in total. The predicted molar refractivity (Wildman–Crippen MR) is 144 cm³/mol. The van der Waals surface area contributed by atoms with E-state index < -0.39 is 6.04 Å². The summed E-state index contributed by atoms with van der Waals surface area (Å²) < 4.78 is 13.6. The van der Waals surface area contributed by atoms with Gasteiger partial charge < -0.3 is 10.2 Å². The molecule has 0 spiro atoms. The van der Waals surface area contributed by atoms with Crippen LogP contribution in [-0.4, -0.2) is 22.8 Å². The fourth-order valence-corrected chi connectivity index (χ4v) is 4.28. The molecule has 5 heteroatoms. The van der Waals surface area contributed by atoms with Crippen LogP contribution in [0.4, 0.5) is 4.39 Å². The van der Waals surface area contributed by atoms with Crippen molar-refractivity contribution < 1.29 is 14.0 Å². The van der Waals surface area contributed by atoms with Crippen molar-refractivity contribution in [1.29, 1.82) is 0 Å². The minimum absolute atomic E-state index is 0.121. The van der Waals surface area contributed by atoms with E-state index in [0.717, 1.165) is 22.3 Å². The molecule has 0 saturated carbocycles. The van der Waals surface area contributed by atoms with E-state index in [0.29, 0.717) is 19.4 Å². The third kappa shape index (κ3) is 7.87. The highest BCUT2D eigenvalue weighted by atomic mass is 19.1. The lowest BCUT2D eigenvalue weighted by molar-refractivity contribution is -0.141. The first-order valence-electron chi connectivity index (χ1n) is 12.5. The molecular weight excluding hydrogens is 463 g/mol. The number of rotatable bonds is 11. The van der Waals surface area contributed by atoms with Crippen LogP contribution in [-0.2, 0) is 35.5 Å². The van der Waals surface area contributed by atoms with Gasteiger partial charge in [-0.05, 0) is 40.8 Å². The highest BCUT2D eigenvalue weighted by Crippen LogP contribution is 2.17. The van der Waals surface area contributed by atoms with Gasteiger partial charge in [-0.15, -0.1) is 0 Å². The zero-order valence-corrected chi connectivity index (χ0v) is 20.7. The van der Waals surface area contributed by atoms with Crippen molar-refractivity contribution in [1.82, 2.24) is 10.2 Å². The smallest absolute Gasteiger partial charge is 0.243 e. The maximum atomic E-state index is 13.7. The average molecular weight is 495 g/mol. The first-order valence-corrected chi connectivity index (χ1v) is 12.5. The van der Waals surface area contributed by atoms with E-state index in [1.807, 2.05) is 91.0 Å². The van der Waals surface area contributed by atoms with Crippen LogP contribution in [0.3, 0.4) is 0 Å². The molecule has 2 amide bonds. The van der Waals surface area contributed by atoms with E-state index in [9.17, 15) is 14.0 Å². The van der Waals surface area contributed by atoms with Gasteiger partial charge in [-0.3, -0.25) is 9.59 Å². The molecule has 0 heterocycles. The minimum atomic E-state index is -0.723. The van der Waals surface area contributed by atoms with E-state index in [1.54, 1.807) is 17.0 Å². The van der Waals surface area contributed by atoms with Crippen LogP contribution in [0.1, 0.15) is 28.7 Å². The fourth-order valence-electron chi connectivity index (χ4n) is 4.28. The number of benzene rings is 4. The Morgan fingerprint density at radius 1 is 0.676 bits per heavy atom. The number of amides is 2. The van der Waals surface area contributed by atoms with Crippen molar-refractivity contribution in [3.63, 3.8) is 0 Å². The predicted octanol–water partition coefficient (Wildman–Crippen LogP) is 5.71. The minimum Gasteiger partial charge on any atom is -0.350 e. The molecule has 0 aromatic heterocycles. The van der Waals surface area contributed by atoms with Gasteiger partial charge in [-0.25, -0.2) is 4.39 Å². The van der Waals surface area contributed by atoms with E-state index in [-0.39, 0.29) is 30.6 Å². The van der Waals surface area contributed by atoms with E-state index >= 15 is 0 Å². The zero-order chi connectivity index (χ0) is 25.9. The largest absolute Gasteiger partial charge is 0.350 e. The number of hydrogen-bond donors (Lipinski definition) is 1. The van der Waals surface area contributed by atoms with Gasteiger partial charge in [0.05, 0.1) is 0 Å². The monoisotopic (exact) mass is 494 g/mol. The summed E-state index contributed by atoms with van der Waals surface area (Å²) >= 11 is 0. The standard InChI is InChI=1S/C32H31FN2O2/c33-29-19-16-28(17-20-29)24-35(31(36)21-18-25-10-4-1-5-11-25)30(22-26-12-6-2-7-13-26)32(37)34-23-27-14-8-3-9-15-27/h1-17,19-20,30H,18,21-24H2,(H,34,37)/t30-/m0/s1. The Labute approximate surface area is 217 Å². The molecule has 0 fully saturated rings. The Kier molecular flexibility index (Phi) is 9.19. The van der Waals surface area contributed by atoms with Crippen LogP contribution in [0.15, 0.2) is 115 Å². The van der Waals surface area contributed by atoms with Crippen LogP contribution in [0.25, 0.3) is 0 Å². The SMILES string of the molecule is O=C(NCc1ccccc1)[C@H](Cc1ccccc1)N(Cc1ccc(F)cc1)C(=O)CCc1ccccc1. The number of nitrogens with zero attached hydrogens (tertiary/aromatic N) is 1. The lowest BCUT2D eigenvalue weighted by atomic mass is 10.0. The first-order chi connectivity index (χ1) is 18.1. The highest BCUT2D eigenvalue weighted by molar-refractivity contribution is 5.88. The third-order valence-corrected chi connectivity index (χ3v) is 6.32. The van der Waals surface area contributed by atoms with E-state index in [2.05, 4.69) is 5.32 Å². The molecule has 4 rings (SSSR count).